The highest BCUT2D eigenvalue weighted by atomic mass is 35.5. The summed E-state index contributed by atoms with van der Waals surface area (Å²) in [5.74, 6) is 0.0273. The number of hydrogen-bond donors (Lipinski definition) is 1. The van der Waals surface area contributed by atoms with Crippen molar-refractivity contribution in [3.05, 3.63) is 46.1 Å². The van der Waals surface area contributed by atoms with Crippen molar-refractivity contribution in [3.8, 4) is 5.88 Å². The van der Waals surface area contributed by atoms with E-state index in [0.717, 1.165) is 21.6 Å². The third-order valence-electron chi connectivity index (χ3n) is 3.99. The summed E-state index contributed by atoms with van der Waals surface area (Å²) < 4.78 is 12.1. The van der Waals surface area contributed by atoms with Gasteiger partial charge in [-0.2, -0.15) is 0 Å². The van der Waals surface area contributed by atoms with Gasteiger partial charge in [0.1, 0.15) is 11.1 Å². The Morgan fingerprint density at radius 3 is 3.08 bits per heavy atom. The maximum absolute atomic E-state index is 12.5. The Kier molecular flexibility index (Phi) is 4.76. The summed E-state index contributed by atoms with van der Waals surface area (Å²) in [6.45, 7) is 3.16. The molecule has 0 radical (unpaired) electrons. The summed E-state index contributed by atoms with van der Waals surface area (Å²) in [6.07, 6.45) is 2.21. The zero-order valence-electron chi connectivity index (χ0n) is 14.0. The number of aromatic nitrogens is 2. The molecule has 8 heteroatoms. The second-order valence-corrected chi connectivity index (χ2v) is 7.63. The third-order valence-corrected chi connectivity index (χ3v) is 5.21. The summed E-state index contributed by atoms with van der Waals surface area (Å²) in [6, 6.07) is 7.20. The number of pyridine rings is 1. The molecule has 2 aromatic heterocycles. The molecule has 1 aliphatic heterocycles. The van der Waals surface area contributed by atoms with Gasteiger partial charge in [-0.3, -0.25) is 4.79 Å². The molecule has 3 aromatic rings. The van der Waals surface area contributed by atoms with Crippen LogP contribution in [-0.2, 0) is 4.74 Å². The van der Waals surface area contributed by atoms with Gasteiger partial charge in [-0.1, -0.05) is 11.6 Å². The number of thiazole rings is 1. The van der Waals surface area contributed by atoms with Gasteiger partial charge in [0.15, 0.2) is 0 Å². The van der Waals surface area contributed by atoms with Crippen LogP contribution in [0.1, 0.15) is 21.8 Å². The quantitative estimate of drug-likeness (QED) is 0.728. The van der Waals surface area contributed by atoms with Crippen LogP contribution in [-0.4, -0.2) is 35.2 Å². The first kappa shape index (κ1) is 17.2. The molecule has 1 amide bonds. The number of nitrogens with zero attached hydrogens (tertiary/aromatic N) is 2. The second-order valence-electron chi connectivity index (χ2n) is 5.98. The Morgan fingerprint density at radius 1 is 1.42 bits per heavy atom. The third kappa shape index (κ3) is 3.65. The molecule has 26 heavy (non-hydrogen) atoms. The maximum Gasteiger partial charge on any atom is 0.257 e. The van der Waals surface area contributed by atoms with Crippen LogP contribution in [0.5, 0.6) is 5.88 Å². The molecule has 1 aromatic carbocycles. The lowest BCUT2D eigenvalue weighted by Gasteiger charge is -2.12. The van der Waals surface area contributed by atoms with Crippen LogP contribution in [0.2, 0.25) is 5.02 Å². The van der Waals surface area contributed by atoms with Gasteiger partial charge in [-0.05, 0) is 31.2 Å². The van der Waals surface area contributed by atoms with Gasteiger partial charge in [0.25, 0.3) is 5.91 Å². The summed E-state index contributed by atoms with van der Waals surface area (Å²) in [5, 5.41) is 4.14. The largest absolute Gasteiger partial charge is 0.471 e. The number of aryl methyl sites for hydroxylation is 1. The normalized spacial score (nSPS) is 16.8. The van der Waals surface area contributed by atoms with Crippen molar-refractivity contribution >= 4 is 44.7 Å². The van der Waals surface area contributed by atoms with Crippen molar-refractivity contribution in [1.82, 2.24) is 9.97 Å². The van der Waals surface area contributed by atoms with Crippen molar-refractivity contribution in [1.29, 1.82) is 0 Å². The van der Waals surface area contributed by atoms with E-state index in [-0.39, 0.29) is 12.0 Å². The summed E-state index contributed by atoms with van der Waals surface area (Å²) in [4.78, 5) is 21.1. The van der Waals surface area contributed by atoms with Gasteiger partial charge in [0.2, 0.25) is 5.88 Å². The van der Waals surface area contributed by atoms with Gasteiger partial charge in [-0.15, -0.1) is 11.3 Å². The van der Waals surface area contributed by atoms with Crippen LogP contribution >= 0.6 is 22.9 Å². The van der Waals surface area contributed by atoms with Gasteiger partial charge in [0, 0.05) is 18.3 Å². The van der Waals surface area contributed by atoms with E-state index in [9.17, 15) is 4.79 Å². The Bertz CT molecular complexity index is 969. The minimum atomic E-state index is -0.290. The van der Waals surface area contributed by atoms with Gasteiger partial charge in [-0.25, -0.2) is 9.97 Å². The highest BCUT2D eigenvalue weighted by Crippen LogP contribution is 2.27. The first-order chi connectivity index (χ1) is 12.6. The molecule has 1 atom stereocenters. The number of carbonyl (C=O) groups excluding carboxylic acids is 1. The summed E-state index contributed by atoms with van der Waals surface area (Å²) in [7, 11) is 0. The number of carbonyl (C=O) groups is 1. The molecule has 1 saturated heterocycles. The van der Waals surface area contributed by atoms with Gasteiger partial charge in [0.05, 0.1) is 34.0 Å². The Balaban J connectivity index is 1.48. The molecule has 3 heterocycles. The van der Waals surface area contributed by atoms with E-state index in [0.29, 0.717) is 35.4 Å². The van der Waals surface area contributed by atoms with E-state index in [1.165, 1.54) is 6.20 Å². The molecule has 0 bridgehead atoms. The molecule has 134 valence electrons. The highest BCUT2D eigenvalue weighted by molar-refractivity contribution is 7.18. The predicted molar refractivity (Wildman–Crippen MR) is 101 cm³/mol. The predicted octanol–water partition coefficient (Wildman–Crippen LogP) is 4.07. The monoisotopic (exact) mass is 389 g/mol. The van der Waals surface area contributed by atoms with Crippen LogP contribution in [0.4, 0.5) is 5.69 Å². The molecule has 0 spiro atoms. The van der Waals surface area contributed by atoms with Crippen molar-refractivity contribution < 1.29 is 14.3 Å². The lowest BCUT2D eigenvalue weighted by molar-refractivity contribution is 0.102. The zero-order valence-corrected chi connectivity index (χ0v) is 15.6. The molecule has 1 N–H and O–H groups in total. The fraction of sp³-hybridized carbons (Fsp3) is 0.278. The molecule has 0 aliphatic carbocycles. The highest BCUT2D eigenvalue weighted by Gasteiger charge is 2.20. The average molecular weight is 390 g/mol. The van der Waals surface area contributed by atoms with Crippen molar-refractivity contribution in [2.45, 2.75) is 19.4 Å². The van der Waals surface area contributed by atoms with Gasteiger partial charge >= 0.3 is 0 Å². The molecule has 0 saturated carbocycles. The van der Waals surface area contributed by atoms with Crippen molar-refractivity contribution in [2.75, 3.05) is 18.5 Å². The number of hydrogen-bond acceptors (Lipinski definition) is 6. The van der Waals surface area contributed by atoms with E-state index >= 15 is 0 Å². The van der Waals surface area contributed by atoms with Crippen molar-refractivity contribution in [3.63, 3.8) is 0 Å². The van der Waals surface area contributed by atoms with Crippen LogP contribution in [0.3, 0.4) is 0 Å². The van der Waals surface area contributed by atoms with Gasteiger partial charge < -0.3 is 14.8 Å². The average Bonchev–Trinajstić information content (AvgIpc) is 3.24. The van der Waals surface area contributed by atoms with Crippen LogP contribution in [0.25, 0.3) is 10.2 Å². The van der Waals surface area contributed by atoms with Crippen LogP contribution in [0, 0.1) is 6.92 Å². The Hall–Kier alpha value is -2.22. The topological polar surface area (TPSA) is 73.3 Å². The number of halogens is 1. The van der Waals surface area contributed by atoms with Crippen LogP contribution < -0.4 is 10.1 Å². The zero-order chi connectivity index (χ0) is 18.1. The number of fused-ring (bicyclic) bond motifs is 1. The Labute approximate surface area is 159 Å². The summed E-state index contributed by atoms with van der Waals surface area (Å²) in [5.41, 5.74) is 1.90. The minimum Gasteiger partial charge on any atom is -0.471 e. The first-order valence-corrected chi connectivity index (χ1v) is 9.36. The number of anilines is 1. The van der Waals surface area contributed by atoms with E-state index in [4.69, 9.17) is 21.1 Å². The first-order valence-electron chi connectivity index (χ1n) is 8.17. The fourth-order valence-electron chi connectivity index (χ4n) is 2.72. The lowest BCUT2D eigenvalue weighted by atomic mass is 10.2. The van der Waals surface area contributed by atoms with E-state index in [1.807, 2.05) is 25.1 Å². The molecule has 1 aliphatic rings. The van der Waals surface area contributed by atoms with E-state index in [2.05, 4.69) is 15.3 Å². The molecule has 6 nitrogen and oxygen atoms in total. The number of benzene rings is 1. The smallest absolute Gasteiger partial charge is 0.257 e. The molecule has 4 rings (SSSR count). The number of nitrogens with one attached hydrogen (secondary N) is 1. The van der Waals surface area contributed by atoms with Crippen LogP contribution in [0.15, 0.2) is 30.5 Å². The Morgan fingerprint density at radius 2 is 2.31 bits per heavy atom. The molecule has 1 fully saturated rings. The lowest BCUT2D eigenvalue weighted by Crippen LogP contribution is -2.17. The van der Waals surface area contributed by atoms with E-state index in [1.54, 1.807) is 17.4 Å². The number of amides is 1. The van der Waals surface area contributed by atoms with Crippen molar-refractivity contribution in [2.24, 2.45) is 0 Å². The second kappa shape index (κ2) is 7.19. The fourth-order valence-corrected chi connectivity index (χ4v) is 3.74. The molecule has 0 unspecified atom stereocenters. The number of rotatable bonds is 4. The van der Waals surface area contributed by atoms with E-state index < -0.39 is 0 Å². The molecular weight excluding hydrogens is 374 g/mol. The number of ether oxygens (including phenoxy) is 2. The summed E-state index contributed by atoms with van der Waals surface area (Å²) >= 11 is 7.84. The SMILES string of the molecule is Cc1nc2cc(NC(=O)c3cnc(O[C@@H]4CCOC4)c(Cl)c3)ccc2s1. The maximum atomic E-state index is 12.5. The standard InChI is InChI=1S/C18H16ClN3O3S/c1-10-21-15-7-12(2-3-16(15)26-10)22-17(23)11-6-14(19)18(20-8-11)25-13-4-5-24-9-13/h2-3,6-8,13H,4-5,9H2,1H3,(H,22,23)/t13-/m1/s1. The molecular formula is C18H16ClN3O3S. The minimum absolute atomic E-state index is 0.0482.